The molecular weight excluding hydrogens is 468 g/mol. The minimum absolute atomic E-state index is 0.0203. The first-order valence-electron chi connectivity index (χ1n) is 11.8. The van der Waals surface area contributed by atoms with Gasteiger partial charge < -0.3 is 15.1 Å². The number of aliphatic imine (C=N–C) groups is 1. The fourth-order valence-electron chi connectivity index (χ4n) is 4.33. The quantitative estimate of drug-likeness (QED) is 0.616. The minimum Gasteiger partial charge on any atom is -0.351 e. The Labute approximate surface area is 207 Å². The summed E-state index contributed by atoms with van der Waals surface area (Å²) in [6.45, 7) is 2.45. The molecule has 2 fully saturated rings. The van der Waals surface area contributed by atoms with Gasteiger partial charge in [-0.3, -0.25) is 14.4 Å². The van der Waals surface area contributed by atoms with E-state index in [0.29, 0.717) is 17.8 Å². The highest BCUT2D eigenvalue weighted by atomic mass is 32.2. The van der Waals surface area contributed by atoms with Gasteiger partial charge >= 0.3 is 0 Å². The van der Waals surface area contributed by atoms with Crippen molar-refractivity contribution in [1.29, 1.82) is 0 Å². The average Bonchev–Trinajstić information content (AvgIpc) is 3.44. The molecule has 2 aliphatic heterocycles. The van der Waals surface area contributed by atoms with Gasteiger partial charge in [-0.25, -0.2) is 0 Å². The van der Waals surface area contributed by atoms with E-state index in [4.69, 9.17) is 0 Å². The van der Waals surface area contributed by atoms with Gasteiger partial charge in [-0.05, 0) is 61.7 Å². The highest BCUT2D eigenvalue weighted by Gasteiger charge is 2.34. The summed E-state index contributed by atoms with van der Waals surface area (Å²) >= 11 is 3.05. The molecule has 5 rings (SSSR count). The number of carbonyl (C=O) groups excluding carboxylic acids is 3. The molecule has 7 nitrogen and oxygen atoms in total. The second-order valence-electron chi connectivity index (χ2n) is 8.96. The number of thiophene rings is 1. The van der Waals surface area contributed by atoms with E-state index in [1.807, 2.05) is 22.4 Å². The first-order chi connectivity index (χ1) is 16.6. The number of piperidine rings is 1. The molecule has 9 heteroatoms. The van der Waals surface area contributed by atoms with Crippen molar-refractivity contribution in [2.45, 2.75) is 56.4 Å². The second-order valence-corrected chi connectivity index (χ2v) is 11.2. The molecular formula is C25H28N4O3S2. The van der Waals surface area contributed by atoms with Crippen LogP contribution in [0, 0.1) is 0 Å². The van der Waals surface area contributed by atoms with Crippen LogP contribution in [0.2, 0.25) is 0 Å². The molecule has 34 heavy (non-hydrogen) atoms. The number of amidine groups is 1. The maximum Gasteiger partial charge on any atom is 0.262 e. The molecule has 1 aromatic heterocycles. The molecule has 3 aliphatic rings. The summed E-state index contributed by atoms with van der Waals surface area (Å²) < 4.78 is 0. The second kappa shape index (κ2) is 10.3. The van der Waals surface area contributed by atoms with E-state index in [-0.39, 0.29) is 30.2 Å². The summed E-state index contributed by atoms with van der Waals surface area (Å²) in [7, 11) is 0. The number of thioether (sulfide) groups is 1. The number of rotatable bonds is 7. The zero-order chi connectivity index (χ0) is 23.5. The van der Waals surface area contributed by atoms with Crippen LogP contribution in [-0.4, -0.2) is 57.1 Å². The monoisotopic (exact) mass is 496 g/mol. The molecule has 0 spiro atoms. The number of nitrogens with zero attached hydrogens (tertiary/aromatic N) is 3. The molecule has 2 aromatic rings. The Morgan fingerprint density at radius 3 is 2.68 bits per heavy atom. The van der Waals surface area contributed by atoms with Crippen LogP contribution in [0.4, 0.5) is 5.69 Å². The molecule has 0 radical (unpaired) electrons. The molecule has 178 valence electrons. The Kier molecular flexibility index (Phi) is 7.01. The van der Waals surface area contributed by atoms with Crippen LogP contribution in [0.5, 0.6) is 0 Å². The molecule has 1 aliphatic carbocycles. The fourth-order valence-corrected chi connectivity index (χ4v) is 6.15. The van der Waals surface area contributed by atoms with E-state index in [9.17, 15) is 14.4 Å². The lowest BCUT2D eigenvalue weighted by atomic mass is 10.1. The van der Waals surface area contributed by atoms with Gasteiger partial charge in [0.1, 0.15) is 5.25 Å². The summed E-state index contributed by atoms with van der Waals surface area (Å²) in [6.07, 6.45) is 5.56. The van der Waals surface area contributed by atoms with Crippen LogP contribution in [-0.2, 0) is 16.1 Å². The Hall–Kier alpha value is -2.65. The molecule has 1 atom stereocenters. The highest BCUT2D eigenvalue weighted by Crippen LogP contribution is 2.32. The lowest BCUT2D eigenvalue weighted by Gasteiger charge is -2.27. The Balaban J connectivity index is 1.19. The first-order valence-corrected chi connectivity index (χ1v) is 13.6. The van der Waals surface area contributed by atoms with E-state index in [1.54, 1.807) is 35.6 Å². The van der Waals surface area contributed by atoms with Crippen molar-refractivity contribution >= 4 is 51.7 Å². The van der Waals surface area contributed by atoms with E-state index in [0.717, 1.165) is 48.8 Å². The number of benzene rings is 1. The SMILES string of the molecule is O=C(CC1SC(N2CCCCC2)=NC1=O)Nc1cccc(C(=O)N(Cc2cccs2)C2CC2)c1. The Bertz CT molecular complexity index is 1090. The van der Waals surface area contributed by atoms with E-state index in [1.165, 1.54) is 18.2 Å². The molecule has 1 saturated carbocycles. The van der Waals surface area contributed by atoms with Crippen molar-refractivity contribution < 1.29 is 14.4 Å². The molecule has 3 heterocycles. The van der Waals surface area contributed by atoms with Crippen molar-refractivity contribution in [3.8, 4) is 0 Å². The Morgan fingerprint density at radius 1 is 1.12 bits per heavy atom. The van der Waals surface area contributed by atoms with Crippen molar-refractivity contribution in [1.82, 2.24) is 9.80 Å². The van der Waals surface area contributed by atoms with Gasteiger partial charge in [0.15, 0.2) is 5.17 Å². The van der Waals surface area contributed by atoms with Gasteiger partial charge in [0.2, 0.25) is 5.91 Å². The first kappa shape index (κ1) is 23.1. The summed E-state index contributed by atoms with van der Waals surface area (Å²) in [5.74, 6) is -0.505. The zero-order valence-corrected chi connectivity index (χ0v) is 20.6. The highest BCUT2D eigenvalue weighted by molar-refractivity contribution is 8.15. The number of likely N-dealkylation sites (tertiary alicyclic amines) is 1. The molecule has 3 amide bonds. The molecule has 1 N–H and O–H groups in total. The summed E-state index contributed by atoms with van der Waals surface area (Å²) in [5, 5.41) is 5.16. The van der Waals surface area contributed by atoms with Crippen LogP contribution in [0.1, 0.15) is 53.8 Å². The third kappa shape index (κ3) is 5.52. The van der Waals surface area contributed by atoms with Crippen LogP contribution in [0.3, 0.4) is 0 Å². The van der Waals surface area contributed by atoms with Crippen molar-refractivity contribution in [3.05, 3.63) is 52.2 Å². The van der Waals surface area contributed by atoms with Gasteiger partial charge in [-0.2, -0.15) is 4.99 Å². The number of anilines is 1. The van der Waals surface area contributed by atoms with Gasteiger partial charge in [-0.15, -0.1) is 11.3 Å². The molecule has 0 bridgehead atoms. The van der Waals surface area contributed by atoms with E-state index < -0.39 is 5.25 Å². The van der Waals surface area contributed by atoms with Crippen molar-refractivity contribution in [2.24, 2.45) is 4.99 Å². The number of hydrogen-bond donors (Lipinski definition) is 1. The van der Waals surface area contributed by atoms with E-state index >= 15 is 0 Å². The summed E-state index contributed by atoms with van der Waals surface area (Å²) in [5.41, 5.74) is 1.12. The number of amides is 3. The maximum atomic E-state index is 13.2. The molecule has 1 unspecified atom stereocenters. The standard InChI is InChI=1S/C25H28N4O3S2/c30-22(15-21-23(31)27-25(34-21)28-11-2-1-3-12-28)26-18-7-4-6-17(14-18)24(32)29(19-9-10-19)16-20-8-5-13-33-20/h4-8,13-14,19,21H,1-3,9-12,15-16H2,(H,26,30). The topological polar surface area (TPSA) is 82.1 Å². The van der Waals surface area contributed by atoms with Crippen LogP contribution < -0.4 is 5.32 Å². The van der Waals surface area contributed by atoms with Crippen LogP contribution in [0.25, 0.3) is 0 Å². The molecule has 1 aromatic carbocycles. The molecule has 1 saturated heterocycles. The maximum absolute atomic E-state index is 13.2. The summed E-state index contributed by atoms with van der Waals surface area (Å²) in [6, 6.07) is 11.4. The predicted molar refractivity (Wildman–Crippen MR) is 136 cm³/mol. The lowest BCUT2D eigenvalue weighted by Crippen LogP contribution is -2.33. The van der Waals surface area contributed by atoms with Crippen LogP contribution >= 0.6 is 23.1 Å². The van der Waals surface area contributed by atoms with Gasteiger partial charge in [0, 0.05) is 41.7 Å². The van der Waals surface area contributed by atoms with Crippen molar-refractivity contribution in [2.75, 3.05) is 18.4 Å². The third-order valence-corrected chi connectivity index (χ3v) is 8.35. The smallest absolute Gasteiger partial charge is 0.262 e. The number of carbonyl (C=O) groups is 3. The average molecular weight is 497 g/mol. The fraction of sp³-hybridized carbons (Fsp3) is 0.440. The van der Waals surface area contributed by atoms with Gasteiger partial charge in [0.05, 0.1) is 6.54 Å². The minimum atomic E-state index is -0.488. The van der Waals surface area contributed by atoms with Gasteiger partial charge in [0.25, 0.3) is 11.8 Å². The predicted octanol–water partition coefficient (Wildman–Crippen LogP) is 4.37. The lowest BCUT2D eigenvalue weighted by molar-refractivity contribution is -0.121. The van der Waals surface area contributed by atoms with E-state index in [2.05, 4.69) is 15.2 Å². The Morgan fingerprint density at radius 2 is 1.94 bits per heavy atom. The largest absolute Gasteiger partial charge is 0.351 e. The van der Waals surface area contributed by atoms with Crippen molar-refractivity contribution in [3.63, 3.8) is 0 Å². The zero-order valence-electron chi connectivity index (χ0n) is 18.9. The number of hydrogen-bond acceptors (Lipinski definition) is 6. The third-order valence-electron chi connectivity index (χ3n) is 6.27. The van der Waals surface area contributed by atoms with Crippen LogP contribution in [0.15, 0.2) is 46.8 Å². The number of nitrogens with one attached hydrogen (secondary N) is 1. The van der Waals surface area contributed by atoms with Gasteiger partial charge in [-0.1, -0.05) is 23.9 Å². The normalized spacial score (nSPS) is 20.2. The summed E-state index contributed by atoms with van der Waals surface area (Å²) in [4.78, 5) is 47.8.